The minimum atomic E-state index is -2.59. The van der Waals surface area contributed by atoms with Crippen LogP contribution >= 0.6 is 0 Å². The van der Waals surface area contributed by atoms with Gasteiger partial charge in [-0.3, -0.25) is 0 Å². The molecule has 0 amide bonds. The van der Waals surface area contributed by atoms with Crippen molar-refractivity contribution in [1.82, 2.24) is 0 Å². The highest BCUT2D eigenvalue weighted by molar-refractivity contribution is 5.27. The average molecular weight is 204 g/mol. The molecule has 0 aliphatic heterocycles. The summed E-state index contributed by atoms with van der Waals surface area (Å²) in [6.07, 6.45) is -1.34. The van der Waals surface area contributed by atoms with Crippen molar-refractivity contribution >= 4 is 0 Å². The molecule has 14 heavy (non-hydrogen) atoms. The SMILES string of the molecule is CCC.Cc1ccc(F)cc1C(F)F. The van der Waals surface area contributed by atoms with Gasteiger partial charge in [0, 0.05) is 5.56 Å². The van der Waals surface area contributed by atoms with Crippen LogP contribution in [0.5, 0.6) is 0 Å². The van der Waals surface area contributed by atoms with Crippen LogP contribution in [0.3, 0.4) is 0 Å². The maximum atomic E-state index is 12.4. The molecule has 3 heteroatoms. The third kappa shape index (κ3) is 4.30. The van der Waals surface area contributed by atoms with Crippen molar-refractivity contribution in [3.05, 3.63) is 35.1 Å². The lowest BCUT2D eigenvalue weighted by atomic mass is 10.1. The van der Waals surface area contributed by atoms with Gasteiger partial charge < -0.3 is 0 Å². The van der Waals surface area contributed by atoms with E-state index in [9.17, 15) is 13.2 Å². The van der Waals surface area contributed by atoms with E-state index < -0.39 is 12.2 Å². The van der Waals surface area contributed by atoms with E-state index in [1.54, 1.807) is 0 Å². The molecule has 0 N–H and O–H groups in total. The summed E-state index contributed by atoms with van der Waals surface area (Å²) < 4.78 is 36.5. The fraction of sp³-hybridized carbons (Fsp3) is 0.455. The molecule has 0 aliphatic carbocycles. The average Bonchev–Trinajstić information content (AvgIpc) is 2.10. The molecule has 0 spiro atoms. The van der Waals surface area contributed by atoms with Crippen LogP contribution in [0.4, 0.5) is 13.2 Å². The van der Waals surface area contributed by atoms with E-state index in [4.69, 9.17) is 0 Å². The van der Waals surface area contributed by atoms with E-state index in [0.717, 1.165) is 6.07 Å². The van der Waals surface area contributed by atoms with Gasteiger partial charge in [-0.15, -0.1) is 0 Å². The van der Waals surface area contributed by atoms with Crippen molar-refractivity contribution < 1.29 is 13.2 Å². The third-order valence-corrected chi connectivity index (χ3v) is 1.48. The highest BCUT2D eigenvalue weighted by Crippen LogP contribution is 2.22. The number of alkyl halides is 2. The molecule has 1 aromatic carbocycles. The van der Waals surface area contributed by atoms with E-state index in [1.165, 1.54) is 25.5 Å². The smallest absolute Gasteiger partial charge is 0.207 e. The molecule has 0 atom stereocenters. The quantitative estimate of drug-likeness (QED) is 0.632. The van der Waals surface area contributed by atoms with Gasteiger partial charge in [-0.25, -0.2) is 13.2 Å². The Bertz CT molecular complexity index is 269. The molecule has 0 unspecified atom stereocenters. The van der Waals surface area contributed by atoms with Crippen LogP contribution in [0, 0.1) is 12.7 Å². The van der Waals surface area contributed by atoms with Crippen LogP contribution in [0.2, 0.25) is 0 Å². The van der Waals surface area contributed by atoms with Crippen LogP contribution in [0.1, 0.15) is 37.8 Å². The molecule has 0 nitrogen and oxygen atoms in total. The van der Waals surface area contributed by atoms with Crippen molar-refractivity contribution in [2.45, 2.75) is 33.6 Å². The summed E-state index contributed by atoms with van der Waals surface area (Å²) in [6.45, 7) is 5.78. The largest absolute Gasteiger partial charge is 0.264 e. The second kappa shape index (κ2) is 6.46. The highest BCUT2D eigenvalue weighted by atomic mass is 19.3. The molecule has 0 bridgehead atoms. The van der Waals surface area contributed by atoms with Gasteiger partial charge in [0.05, 0.1) is 0 Å². The first-order chi connectivity index (χ1) is 6.52. The summed E-state index contributed by atoms with van der Waals surface area (Å²) in [5.41, 5.74) is 0.186. The Morgan fingerprint density at radius 2 is 1.71 bits per heavy atom. The molecule has 0 radical (unpaired) electrons. The molecule has 80 valence electrons. The lowest BCUT2D eigenvalue weighted by Gasteiger charge is -2.02. The zero-order chi connectivity index (χ0) is 11.1. The van der Waals surface area contributed by atoms with Gasteiger partial charge in [0.1, 0.15) is 5.82 Å². The maximum absolute atomic E-state index is 12.4. The molecule has 0 saturated heterocycles. The molecule has 0 heterocycles. The summed E-state index contributed by atoms with van der Waals surface area (Å²) in [6, 6.07) is 3.37. The van der Waals surface area contributed by atoms with Crippen LogP contribution in [0.25, 0.3) is 0 Å². The van der Waals surface area contributed by atoms with E-state index in [0.29, 0.717) is 5.56 Å². The summed E-state index contributed by atoms with van der Waals surface area (Å²) >= 11 is 0. The van der Waals surface area contributed by atoms with Crippen molar-refractivity contribution in [1.29, 1.82) is 0 Å². The van der Waals surface area contributed by atoms with Crippen LogP contribution in [-0.2, 0) is 0 Å². The molecule has 0 aliphatic rings. The third-order valence-electron chi connectivity index (χ3n) is 1.48. The summed E-state index contributed by atoms with van der Waals surface area (Å²) in [7, 11) is 0. The van der Waals surface area contributed by atoms with E-state index in [-0.39, 0.29) is 5.56 Å². The van der Waals surface area contributed by atoms with Gasteiger partial charge in [0.15, 0.2) is 0 Å². The lowest BCUT2D eigenvalue weighted by Crippen LogP contribution is -1.90. The van der Waals surface area contributed by atoms with Crippen LogP contribution in [0.15, 0.2) is 18.2 Å². The zero-order valence-electron chi connectivity index (χ0n) is 8.65. The fourth-order valence-electron chi connectivity index (χ4n) is 0.846. The predicted molar refractivity (Wildman–Crippen MR) is 52.1 cm³/mol. The molecule has 0 aromatic heterocycles. The Morgan fingerprint density at radius 3 is 2.07 bits per heavy atom. The van der Waals surface area contributed by atoms with Gasteiger partial charge >= 0.3 is 0 Å². The Morgan fingerprint density at radius 1 is 1.21 bits per heavy atom. The first-order valence-corrected chi connectivity index (χ1v) is 4.57. The lowest BCUT2D eigenvalue weighted by molar-refractivity contribution is 0.150. The minimum absolute atomic E-state index is 0.231. The minimum Gasteiger partial charge on any atom is -0.207 e. The van der Waals surface area contributed by atoms with Gasteiger partial charge in [-0.1, -0.05) is 26.3 Å². The Hall–Kier alpha value is -0.990. The molecule has 0 fully saturated rings. The van der Waals surface area contributed by atoms with Crippen molar-refractivity contribution in [3.8, 4) is 0 Å². The Balaban J connectivity index is 0.000000500. The number of hydrogen-bond donors (Lipinski definition) is 0. The van der Waals surface area contributed by atoms with Crippen molar-refractivity contribution in [3.63, 3.8) is 0 Å². The molecule has 1 aromatic rings. The van der Waals surface area contributed by atoms with E-state index >= 15 is 0 Å². The number of rotatable bonds is 1. The first kappa shape index (κ1) is 13.0. The number of hydrogen-bond acceptors (Lipinski definition) is 0. The molecule has 0 saturated carbocycles. The van der Waals surface area contributed by atoms with E-state index in [1.807, 2.05) is 0 Å². The summed E-state index contributed by atoms with van der Waals surface area (Å²) in [5, 5.41) is 0. The standard InChI is InChI=1S/C8H7F3.C3H8/c1-5-2-3-6(9)4-7(5)8(10)11;1-3-2/h2-4,8H,1H3;3H2,1-2H3. The molecular weight excluding hydrogens is 189 g/mol. The highest BCUT2D eigenvalue weighted by Gasteiger charge is 2.10. The number of aryl methyl sites for hydroxylation is 1. The Labute approximate surface area is 82.8 Å². The first-order valence-electron chi connectivity index (χ1n) is 4.57. The second-order valence-corrected chi connectivity index (χ2v) is 3.01. The predicted octanol–water partition coefficient (Wildman–Crippen LogP) is 4.49. The molecular formula is C11H15F3. The summed E-state index contributed by atoms with van der Waals surface area (Å²) in [5.74, 6) is -0.620. The van der Waals surface area contributed by atoms with Gasteiger partial charge in [-0.05, 0) is 24.6 Å². The fourth-order valence-corrected chi connectivity index (χ4v) is 0.846. The number of benzene rings is 1. The molecule has 1 rings (SSSR count). The maximum Gasteiger partial charge on any atom is 0.264 e. The van der Waals surface area contributed by atoms with Gasteiger partial charge in [-0.2, -0.15) is 0 Å². The van der Waals surface area contributed by atoms with Crippen molar-refractivity contribution in [2.75, 3.05) is 0 Å². The summed E-state index contributed by atoms with van der Waals surface area (Å²) in [4.78, 5) is 0. The van der Waals surface area contributed by atoms with Crippen molar-refractivity contribution in [2.24, 2.45) is 0 Å². The van der Waals surface area contributed by atoms with Gasteiger partial charge in [0.2, 0.25) is 0 Å². The van der Waals surface area contributed by atoms with Crippen LogP contribution in [-0.4, -0.2) is 0 Å². The second-order valence-electron chi connectivity index (χ2n) is 3.01. The topological polar surface area (TPSA) is 0 Å². The monoisotopic (exact) mass is 204 g/mol. The van der Waals surface area contributed by atoms with Gasteiger partial charge in [0.25, 0.3) is 6.43 Å². The van der Waals surface area contributed by atoms with Crippen LogP contribution < -0.4 is 0 Å². The normalized spacial score (nSPS) is 9.64. The zero-order valence-corrected chi connectivity index (χ0v) is 8.65. The van der Waals surface area contributed by atoms with E-state index in [2.05, 4.69) is 13.8 Å². The number of halogens is 3. The Kier molecular flexibility index (Phi) is 6.00.